The number of carbonyl (C=O) groups excluding carboxylic acids is 1. The number of hydrogen-bond acceptors (Lipinski definition) is 4. The molecule has 5 nitrogen and oxygen atoms in total. The second kappa shape index (κ2) is 7.71. The first-order valence-electron chi connectivity index (χ1n) is 5.54. The summed E-state index contributed by atoms with van der Waals surface area (Å²) in [6, 6.07) is 9.11. The van der Waals surface area contributed by atoms with Gasteiger partial charge in [0.1, 0.15) is 19.0 Å². The van der Waals surface area contributed by atoms with Crippen LogP contribution in [-0.2, 0) is 14.3 Å². The minimum Gasteiger partial charge on any atom is -0.490 e. The Morgan fingerprint density at radius 2 is 1.84 bits per heavy atom. The lowest BCUT2D eigenvalue weighted by molar-refractivity contribution is -0.139. The first-order chi connectivity index (χ1) is 9.09. The van der Waals surface area contributed by atoms with Gasteiger partial charge in [-0.3, -0.25) is 0 Å². The van der Waals surface area contributed by atoms with E-state index >= 15 is 0 Å². The van der Waals surface area contributed by atoms with E-state index in [0.717, 1.165) is 12.2 Å². The molecule has 1 N–H and O–H groups in total. The van der Waals surface area contributed by atoms with Crippen LogP contribution in [0.5, 0.6) is 5.75 Å². The predicted octanol–water partition coefficient (Wildman–Crippen LogP) is 1.81. The Morgan fingerprint density at radius 1 is 1.16 bits per heavy atom. The van der Waals surface area contributed by atoms with Crippen molar-refractivity contribution in [2.45, 2.75) is 0 Å². The van der Waals surface area contributed by atoms with E-state index in [0.29, 0.717) is 5.75 Å². The maximum absolute atomic E-state index is 11.3. The molecule has 1 aromatic rings. The number of rotatable bonds is 7. The Balaban J connectivity index is 2.24. The molecule has 0 radical (unpaired) electrons. The fourth-order valence-corrected chi connectivity index (χ4v) is 1.14. The van der Waals surface area contributed by atoms with Crippen LogP contribution in [0.15, 0.2) is 54.6 Å². The minimum atomic E-state index is -1.15. The van der Waals surface area contributed by atoms with Crippen LogP contribution in [-0.4, -0.2) is 30.3 Å². The third-order valence-corrected chi connectivity index (χ3v) is 2.02. The van der Waals surface area contributed by atoms with E-state index < -0.39 is 11.9 Å². The summed E-state index contributed by atoms with van der Waals surface area (Å²) in [4.78, 5) is 21.6. The Hall–Kier alpha value is -2.56. The smallest absolute Gasteiger partial charge is 0.337 e. The molecule has 0 bridgehead atoms. The molecule has 1 rings (SSSR count). The molecule has 19 heavy (non-hydrogen) atoms. The van der Waals surface area contributed by atoms with Crippen LogP contribution in [0, 0.1) is 0 Å². The topological polar surface area (TPSA) is 72.8 Å². The molecule has 0 unspecified atom stereocenters. The van der Waals surface area contributed by atoms with Crippen molar-refractivity contribution in [3.05, 3.63) is 54.6 Å². The van der Waals surface area contributed by atoms with Gasteiger partial charge in [0.15, 0.2) is 0 Å². The molecule has 0 heterocycles. The molecule has 0 amide bonds. The largest absolute Gasteiger partial charge is 0.490 e. The first kappa shape index (κ1) is 14.5. The zero-order valence-corrected chi connectivity index (χ0v) is 10.2. The number of carbonyl (C=O) groups is 2. The van der Waals surface area contributed by atoms with Gasteiger partial charge in [0, 0.05) is 6.08 Å². The quantitative estimate of drug-likeness (QED) is 0.351. The summed E-state index contributed by atoms with van der Waals surface area (Å²) in [5.41, 5.74) is -0.0258. The number of para-hydroxylation sites is 1. The maximum atomic E-state index is 11.3. The number of aliphatic carboxylic acids is 1. The second-order valence-corrected chi connectivity index (χ2v) is 3.49. The van der Waals surface area contributed by atoms with Gasteiger partial charge >= 0.3 is 11.9 Å². The van der Waals surface area contributed by atoms with Gasteiger partial charge < -0.3 is 14.6 Å². The first-order valence-corrected chi connectivity index (χ1v) is 5.54. The van der Waals surface area contributed by atoms with Crippen LogP contribution in [0.25, 0.3) is 0 Å². The summed E-state index contributed by atoms with van der Waals surface area (Å²) in [6.07, 6.45) is 1.91. The van der Waals surface area contributed by atoms with Crippen molar-refractivity contribution in [2.24, 2.45) is 0 Å². The minimum absolute atomic E-state index is 0.0258. The average Bonchev–Trinajstić information content (AvgIpc) is 2.41. The molecule has 1 aromatic carbocycles. The van der Waals surface area contributed by atoms with Crippen molar-refractivity contribution in [3.8, 4) is 5.75 Å². The third-order valence-electron chi connectivity index (χ3n) is 2.02. The molecular formula is C14H14O5. The van der Waals surface area contributed by atoms with Crippen LogP contribution >= 0.6 is 0 Å². The van der Waals surface area contributed by atoms with Gasteiger partial charge in [0.25, 0.3) is 0 Å². The summed E-state index contributed by atoms with van der Waals surface area (Å²) in [5.74, 6) is -1.14. The van der Waals surface area contributed by atoms with E-state index in [9.17, 15) is 9.59 Å². The van der Waals surface area contributed by atoms with Crippen LogP contribution in [0.2, 0.25) is 0 Å². The molecule has 0 fully saturated rings. The molecule has 0 aromatic heterocycles. The Bertz CT molecular complexity index is 476. The lowest BCUT2D eigenvalue weighted by Crippen LogP contribution is -2.12. The molecule has 0 saturated heterocycles. The zero-order valence-electron chi connectivity index (χ0n) is 10.2. The van der Waals surface area contributed by atoms with Crippen LogP contribution < -0.4 is 4.74 Å². The standard InChI is InChI=1S/C14H14O5/c1-11(7-8-13(15)16)14(17)19-10-9-18-12-5-3-2-4-6-12/h2-8H,1,9-10H2,(H,15,16). The number of esters is 1. The van der Waals surface area contributed by atoms with E-state index in [4.69, 9.17) is 14.6 Å². The maximum Gasteiger partial charge on any atom is 0.337 e. The number of benzene rings is 1. The number of carboxylic acids is 1. The van der Waals surface area contributed by atoms with Gasteiger partial charge in [-0.05, 0) is 18.2 Å². The Labute approximate surface area is 110 Å². The molecule has 0 saturated carbocycles. The molecule has 0 spiro atoms. The zero-order chi connectivity index (χ0) is 14.1. The van der Waals surface area contributed by atoms with Crippen molar-refractivity contribution < 1.29 is 24.2 Å². The molecule has 5 heteroatoms. The normalized spacial score (nSPS) is 10.1. The van der Waals surface area contributed by atoms with E-state index in [-0.39, 0.29) is 18.8 Å². The summed E-state index contributed by atoms with van der Waals surface area (Å²) in [7, 11) is 0. The number of hydrogen-bond donors (Lipinski definition) is 1. The lowest BCUT2D eigenvalue weighted by Gasteiger charge is -2.06. The highest BCUT2D eigenvalue weighted by Crippen LogP contribution is 2.07. The fourth-order valence-electron chi connectivity index (χ4n) is 1.14. The van der Waals surface area contributed by atoms with Crippen molar-refractivity contribution in [2.75, 3.05) is 13.2 Å². The summed E-state index contributed by atoms with van der Waals surface area (Å²) < 4.78 is 10.2. The van der Waals surface area contributed by atoms with E-state index in [1.807, 2.05) is 18.2 Å². The van der Waals surface area contributed by atoms with Gasteiger partial charge in [0.2, 0.25) is 0 Å². The molecule has 0 atom stereocenters. The van der Waals surface area contributed by atoms with Gasteiger partial charge in [0.05, 0.1) is 5.57 Å². The van der Waals surface area contributed by atoms with Gasteiger partial charge in [-0.15, -0.1) is 0 Å². The highest BCUT2D eigenvalue weighted by atomic mass is 16.6. The van der Waals surface area contributed by atoms with E-state index in [2.05, 4.69) is 6.58 Å². The summed E-state index contributed by atoms with van der Waals surface area (Å²) in [6.45, 7) is 3.68. The highest BCUT2D eigenvalue weighted by Gasteiger charge is 2.05. The van der Waals surface area contributed by atoms with Crippen LogP contribution in [0.1, 0.15) is 0 Å². The van der Waals surface area contributed by atoms with Crippen molar-refractivity contribution in [1.29, 1.82) is 0 Å². The molecular weight excluding hydrogens is 248 g/mol. The molecule has 100 valence electrons. The van der Waals surface area contributed by atoms with Crippen molar-refractivity contribution >= 4 is 11.9 Å². The highest BCUT2D eigenvalue weighted by molar-refractivity contribution is 5.93. The predicted molar refractivity (Wildman–Crippen MR) is 68.8 cm³/mol. The van der Waals surface area contributed by atoms with Crippen molar-refractivity contribution in [1.82, 2.24) is 0 Å². The lowest BCUT2D eigenvalue weighted by atomic mass is 10.3. The van der Waals surface area contributed by atoms with Crippen LogP contribution in [0.4, 0.5) is 0 Å². The number of carboxylic acid groups (broad SMARTS) is 1. The van der Waals surface area contributed by atoms with E-state index in [1.54, 1.807) is 12.1 Å². The second-order valence-electron chi connectivity index (χ2n) is 3.49. The monoisotopic (exact) mass is 262 g/mol. The van der Waals surface area contributed by atoms with Gasteiger partial charge in [-0.1, -0.05) is 24.8 Å². The van der Waals surface area contributed by atoms with Gasteiger partial charge in [-0.2, -0.15) is 0 Å². The average molecular weight is 262 g/mol. The van der Waals surface area contributed by atoms with Crippen LogP contribution in [0.3, 0.4) is 0 Å². The third kappa shape index (κ3) is 6.07. The molecule has 0 aliphatic heterocycles. The Kier molecular flexibility index (Phi) is 5.88. The molecule has 0 aliphatic carbocycles. The Morgan fingerprint density at radius 3 is 2.47 bits per heavy atom. The SMILES string of the molecule is C=C(C=CC(=O)O)C(=O)OCCOc1ccccc1. The number of ether oxygens (including phenoxy) is 2. The summed E-state index contributed by atoms with van der Waals surface area (Å²) >= 11 is 0. The summed E-state index contributed by atoms with van der Waals surface area (Å²) in [5, 5.41) is 8.38. The van der Waals surface area contributed by atoms with Crippen molar-refractivity contribution in [3.63, 3.8) is 0 Å². The van der Waals surface area contributed by atoms with Gasteiger partial charge in [-0.25, -0.2) is 9.59 Å². The molecule has 0 aliphatic rings. The van der Waals surface area contributed by atoms with E-state index in [1.165, 1.54) is 0 Å². The fraction of sp³-hybridized carbons (Fsp3) is 0.143.